The molecular formula is C28H30N6O2. The Morgan fingerprint density at radius 3 is 2.78 bits per heavy atom. The third-order valence-corrected chi connectivity index (χ3v) is 7.87. The van der Waals surface area contributed by atoms with E-state index in [4.69, 9.17) is 4.42 Å². The number of carbonyl (C=O) groups is 1. The van der Waals surface area contributed by atoms with Gasteiger partial charge in [0.15, 0.2) is 11.3 Å². The smallest absolute Gasteiger partial charge is 0.287 e. The first-order chi connectivity index (χ1) is 17.5. The van der Waals surface area contributed by atoms with Gasteiger partial charge in [-0.05, 0) is 60.8 Å². The van der Waals surface area contributed by atoms with Crippen LogP contribution in [0, 0.1) is 18.3 Å². The summed E-state index contributed by atoms with van der Waals surface area (Å²) in [7, 11) is 0. The molecule has 1 amide bonds. The van der Waals surface area contributed by atoms with Gasteiger partial charge in [0, 0.05) is 36.4 Å². The number of hydrogen-bond acceptors (Lipinski definition) is 6. The number of fused-ring (bicyclic) bond motifs is 1. The average Bonchev–Trinajstić information content (AvgIpc) is 3.22. The Hall–Kier alpha value is -3.94. The topological polar surface area (TPSA) is 89.1 Å². The van der Waals surface area contributed by atoms with E-state index >= 15 is 0 Å². The fourth-order valence-corrected chi connectivity index (χ4v) is 5.51. The van der Waals surface area contributed by atoms with E-state index in [-0.39, 0.29) is 5.91 Å². The zero-order chi connectivity index (χ0) is 24.7. The van der Waals surface area contributed by atoms with Crippen molar-refractivity contribution in [2.45, 2.75) is 32.7 Å². The lowest BCUT2D eigenvalue weighted by molar-refractivity contribution is 0.0923. The highest BCUT2D eigenvalue weighted by Crippen LogP contribution is 2.59. The monoisotopic (exact) mass is 482 g/mol. The lowest BCUT2D eigenvalue weighted by Crippen LogP contribution is -2.35. The van der Waals surface area contributed by atoms with Crippen molar-refractivity contribution in [2.24, 2.45) is 11.3 Å². The number of likely N-dealkylation sites (tertiary alicyclic amines) is 1. The SMILES string of the molecule is C=C(c1ccc(Cn2cncn2)cc1)N1CCC2(CC1)CC2CNC(=O)c1cc2cc(C)ncc2o1. The predicted molar refractivity (Wildman–Crippen MR) is 137 cm³/mol. The van der Waals surface area contributed by atoms with Crippen molar-refractivity contribution >= 4 is 22.6 Å². The lowest BCUT2D eigenvalue weighted by Gasteiger charge is -2.36. The maximum Gasteiger partial charge on any atom is 0.287 e. The number of pyridine rings is 1. The molecule has 1 aromatic carbocycles. The number of amides is 1. The minimum Gasteiger partial charge on any atom is -0.449 e. The zero-order valence-electron chi connectivity index (χ0n) is 20.5. The van der Waals surface area contributed by atoms with Crippen LogP contribution in [0.1, 0.15) is 46.6 Å². The van der Waals surface area contributed by atoms with Crippen molar-refractivity contribution in [1.82, 2.24) is 30.0 Å². The molecule has 4 heterocycles. The fraction of sp³-hybridized carbons (Fsp3) is 0.357. The summed E-state index contributed by atoms with van der Waals surface area (Å²) in [6, 6.07) is 12.3. The van der Waals surface area contributed by atoms with E-state index in [0.717, 1.165) is 48.3 Å². The van der Waals surface area contributed by atoms with Crippen molar-refractivity contribution in [3.8, 4) is 0 Å². The van der Waals surface area contributed by atoms with Crippen LogP contribution < -0.4 is 5.32 Å². The summed E-state index contributed by atoms with van der Waals surface area (Å²) in [5.74, 6) is 0.732. The van der Waals surface area contributed by atoms with Crippen molar-refractivity contribution in [3.63, 3.8) is 0 Å². The van der Waals surface area contributed by atoms with Crippen LogP contribution in [-0.4, -0.2) is 50.2 Å². The molecule has 184 valence electrons. The minimum absolute atomic E-state index is 0.149. The number of benzene rings is 1. The Labute approximate surface area is 210 Å². The molecule has 0 bridgehead atoms. The van der Waals surface area contributed by atoms with E-state index in [2.05, 4.69) is 56.1 Å². The van der Waals surface area contributed by atoms with Crippen LogP contribution in [0.25, 0.3) is 16.7 Å². The van der Waals surface area contributed by atoms with Gasteiger partial charge in [-0.2, -0.15) is 5.10 Å². The number of piperidine rings is 1. The normalized spacial score (nSPS) is 18.5. The van der Waals surface area contributed by atoms with Crippen molar-refractivity contribution < 1.29 is 9.21 Å². The average molecular weight is 483 g/mol. The van der Waals surface area contributed by atoms with E-state index in [1.54, 1.807) is 24.9 Å². The molecule has 1 spiro atoms. The van der Waals surface area contributed by atoms with Crippen LogP contribution in [0.15, 0.2) is 66.2 Å². The molecule has 8 nitrogen and oxygen atoms in total. The van der Waals surface area contributed by atoms with Gasteiger partial charge in [-0.3, -0.25) is 9.78 Å². The molecule has 2 aliphatic rings. The number of aromatic nitrogens is 4. The Morgan fingerprint density at radius 2 is 2.03 bits per heavy atom. The van der Waals surface area contributed by atoms with Gasteiger partial charge < -0.3 is 14.6 Å². The molecular weight excluding hydrogens is 452 g/mol. The van der Waals surface area contributed by atoms with Gasteiger partial charge >= 0.3 is 0 Å². The van der Waals surface area contributed by atoms with Gasteiger partial charge in [-0.1, -0.05) is 30.8 Å². The van der Waals surface area contributed by atoms with Gasteiger partial charge in [0.05, 0.1) is 12.7 Å². The number of furan rings is 1. The first-order valence-electron chi connectivity index (χ1n) is 12.5. The second kappa shape index (κ2) is 8.93. The summed E-state index contributed by atoms with van der Waals surface area (Å²) in [6.07, 6.45) is 8.39. The third kappa shape index (κ3) is 4.39. The third-order valence-electron chi connectivity index (χ3n) is 7.87. The molecule has 36 heavy (non-hydrogen) atoms. The summed E-state index contributed by atoms with van der Waals surface area (Å²) in [5, 5.41) is 8.17. The maximum atomic E-state index is 12.7. The van der Waals surface area contributed by atoms with Gasteiger partial charge in [-0.15, -0.1) is 0 Å². The molecule has 1 saturated heterocycles. The molecule has 1 aliphatic heterocycles. The van der Waals surface area contributed by atoms with E-state index in [0.29, 0.717) is 35.8 Å². The standard InChI is InChI=1S/C28H30N6O2/c1-19-11-23-12-25(36-26(23)15-30-19)27(35)31-14-24-13-28(24)7-9-33(10-8-28)20(2)22-5-3-21(4-6-22)16-34-18-29-17-32-34/h3-6,11-12,15,17-18,24H,2,7-10,13-14,16H2,1H3,(H,31,35). The summed E-state index contributed by atoms with van der Waals surface area (Å²) in [4.78, 5) is 23.3. The number of carbonyl (C=O) groups excluding carboxylic acids is 1. The Bertz CT molecular complexity index is 1400. The van der Waals surface area contributed by atoms with Gasteiger partial charge in [-0.25, -0.2) is 9.67 Å². The molecule has 1 saturated carbocycles. The molecule has 0 radical (unpaired) electrons. The predicted octanol–water partition coefficient (Wildman–Crippen LogP) is 4.28. The lowest BCUT2D eigenvalue weighted by atomic mass is 9.90. The molecule has 8 heteroatoms. The van der Waals surface area contributed by atoms with Crippen LogP contribution in [0.5, 0.6) is 0 Å². The minimum atomic E-state index is -0.149. The second-order valence-corrected chi connectivity index (χ2v) is 10.2. The number of rotatable bonds is 7. The van der Waals surface area contributed by atoms with E-state index < -0.39 is 0 Å². The van der Waals surface area contributed by atoms with Crippen LogP contribution in [0.2, 0.25) is 0 Å². The highest BCUT2D eigenvalue weighted by Gasteiger charge is 2.54. The number of aryl methyl sites for hydroxylation is 1. The molecule has 1 atom stereocenters. The van der Waals surface area contributed by atoms with Crippen LogP contribution >= 0.6 is 0 Å². The van der Waals surface area contributed by atoms with E-state index in [1.165, 1.54) is 12.0 Å². The summed E-state index contributed by atoms with van der Waals surface area (Å²) >= 11 is 0. The number of nitrogens with one attached hydrogen (secondary N) is 1. The highest BCUT2D eigenvalue weighted by molar-refractivity contribution is 5.96. The van der Waals surface area contributed by atoms with Gasteiger partial charge in [0.25, 0.3) is 5.91 Å². The quantitative estimate of drug-likeness (QED) is 0.423. The summed E-state index contributed by atoms with van der Waals surface area (Å²) in [5.41, 5.74) is 5.32. The van der Waals surface area contributed by atoms with Gasteiger partial charge in [0.2, 0.25) is 0 Å². The molecule has 4 aromatic rings. The zero-order valence-corrected chi connectivity index (χ0v) is 20.5. The summed E-state index contributed by atoms with van der Waals surface area (Å²) < 4.78 is 7.51. The molecule has 6 rings (SSSR count). The highest BCUT2D eigenvalue weighted by atomic mass is 16.3. The van der Waals surface area contributed by atoms with Crippen LogP contribution in [0.3, 0.4) is 0 Å². The number of nitrogens with zero attached hydrogens (tertiary/aromatic N) is 5. The van der Waals surface area contributed by atoms with E-state index in [9.17, 15) is 4.79 Å². The van der Waals surface area contributed by atoms with Crippen LogP contribution in [0.4, 0.5) is 0 Å². The molecule has 1 aliphatic carbocycles. The first-order valence-corrected chi connectivity index (χ1v) is 12.5. The Balaban J connectivity index is 0.992. The Morgan fingerprint density at radius 1 is 1.22 bits per heavy atom. The maximum absolute atomic E-state index is 12.7. The molecule has 3 aromatic heterocycles. The van der Waals surface area contributed by atoms with E-state index in [1.807, 2.05) is 17.7 Å². The van der Waals surface area contributed by atoms with Crippen LogP contribution in [-0.2, 0) is 6.54 Å². The first kappa shape index (κ1) is 22.5. The largest absolute Gasteiger partial charge is 0.449 e. The molecule has 1 N–H and O–H groups in total. The van der Waals surface area contributed by atoms with Crippen molar-refractivity contribution in [3.05, 3.63) is 84.4 Å². The number of hydrogen-bond donors (Lipinski definition) is 1. The van der Waals surface area contributed by atoms with Crippen molar-refractivity contribution in [1.29, 1.82) is 0 Å². The fourth-order valence-electron chi connectivity index (χ4n) is 5.51. The molecule has 2 fully saturated rings. The van der Waals surface area contributed by atoms with Crippen molar-refractivity contribution in [2.75, 3.05) is 19.6 Å². The summed E-state index contributed by atoms with van der Waals surface area (Å²) in [6.45, 7) is 9.72. The Kier molecular flexibility index (Phi) is 5.59. The van der Waals surface area contributed by atoms with Gasteiger partial charge in [0.1, 0.15) is 12.7 Å². The second-order valence-electron chi connectivity index (χ2n) is 10.2. The molecule has 1 unspecified atom stereocenters.